The van der Waals surface area contributed by atoms with Gasteiger partial charge in [-0.2, -0.15) is 0 Å². The lowest BCUT2D eigenvalue weighted by molar-refractivity contribution is -0.694. The van der Waals surface area contributed by atoms with E-state index in [1.807, 2.05) is 48.1 Å². The summed E-state index contributed by atoms with van der Waals surface area (Å²) >= 11 is 3.44. The van der Waals surface area contributed by atoms with Crippen LogP contribution in [-0.2, 0) is 28.2 Å². The SMILES string of the molecule is Cc1n(CCOC(=O)[C@](O)(c2ccccc2)[C@@H]2CCC(F)(F)C2)cc[n+]1Cc1ccc(Br)cc1.[Br-]. The molecule has 2 atom stereocenters. The third kappa shape index (κ3) is 6.19. The number of rotatable bonds is 8. The molecule has 1 N–H and O–H groups in total. The summed E-state index contributed by atoms with van der Waals surface area (Å²) in [6.07, 6.45) is 3.03. The molecule has 5 nitrogen and oxygen atoms in total. The summed E-state index contributed by atoms with van der Waals surface area (Å²) in [6, 6.07) is 16.3. The molecule has 2 aromatic carbocycles. The molecule has 0 bridgehead atoms. The maximum Gasteiger partial charge on any atom is 0.343 e. The number of nitrogens with zero attached hydrogens (tertiary/aromatic N) is 2. The lowest BCUT2D eigenvalue weighted by atomic mass is 9.80. The summed E-state index contributed by atoms with van der Waals surface area (Å²) in [5.74, 6) is -3.70. The fourth-order valence-corrected chi connectivity index (χ4v) is 4.86. The highest BCUT2D eigenvalue weighted by Crippen LogP contribution is 2.47. The second-order valence-electron chi connectivity index (χ2n) is 8.86. The predicted molar refractivity (Wildman–Crippen MR) is 126 cm³/mol. The Hall–Kier alpha value is -2.10. The summed E-state index contributed by atoms with van der Waals surface area (Å²) in [6.45, 7) is 3.08. The Balaban J connectivity index is 0.00000342. The Morgan fingerprint density at radius 1 is 1.23 bits per heavy atom. The van der Waals surface area contributed by atoms with Crippen LogP contribution in [-0.4, -0.2) is 28.2 Å². The molecule has 1 fully saturated rings. The molecule has 188 valence electrons. The van der Waals surface area contributed by atoms with Gasteiger partial charge in [0.25, 0.3) is 5.82 Å². The van der Waals surface area contributed by atoms with Crippen LogP contribution in [0.15, 0.2) is 71.5 Å². The Morgan fingerprint density at radius 2 is 1.91 bits per heavy atom. The molecule has 1 aromatic heterocycles. The molecule has 0 radical (unpaired) electrons. The molecule has 0 saturated heterocycles. The monoisotopic (exact) mass is 612 g/mol. The molecular formula is C26H28Br2F2N2O3. The zero-order valence-corrected chi connectivity index (χ0v) is 22.5. The van der Waals surface area contributed by atoms with Crippen molar-refractivity contribution in [2.24, 2.45) is 5.92 Å². The minimum atomic E-state index is -2.89. The zero-order chi connectivity index (χ0) is 24.3. The first-order chi connectivity index (χ1) is 16.2. The number of hydrogen-bond donors (Lipinski definition) is 1. The molecule has 0 spiro atoms. The maximum absolute atomic E-state index is 13.9. The second kappa shape index (κ2) is 11.3. The van der Waals surface area contributed by atoms with E-state index in [4.69, 9.17) is 4.74 Å². The van der Waals surface area contributed by atoms with E-state index in [1.54, 1.807) is 30.3 Å². The minimum absolute atomic E-state index is 0. The number of ether oxygens (including phenoxy) is 1. The minimum Gasteiger partial charge on any atom is -1.00 e. The molecule has 1 heterocycles. The first-order valence-corrected chi connectivity index (χ1v) is 12.1. The first kappa shape index (κ1) is 27.5. The van der Waals surface area contributed by atoms with Crippen LogP contribution in [0.5, 0.6) is 0 Å². The summed E-state index contributed by atoms with van der Waals surface area (Å²) < 4.78 is 38.4. The van der Waals surface area contributed by atoms with E-state index in [0.717, 1.165) is 15.9 Å². The van der Waals surface area contributed by atoms with Gasteiger partial charge in [0, 0.05) is 30.2 Å². The fourth-order valence-electron chi connectivity index (χ4n) is 4.60. The van der Waals surface area contributed by atoms with E-state index in [9.17, 15) is 18.7 Å². The third-order valence-electron chi connectivity index (χ3n) is 6.61. The van der Waals surface area contributed by atoms with E-state index < -0.39 is 29.8 Å². The molecule has 9 heteroatoms. The molecule has 1 aliphatic rings. The maximum atomic E-state index is 13.9. The number of halogens is 4. The van der Waals surface area contributed by atoms with Crippen molar-refractivity contribution >= 4 is 21.9 Å². The molecular weight excluding hydrogens is 586 g/mol. The second-order valence-corrected chi connectivity index (χ2v) is 9.77. The van der Waals surface area contributed by atoms with E-state index >= 15 is 0 Å². The van der Waals surface area contributed by atoms with Gasteiger partial charge in [0.15, 0.2) is 5.60 Å². The van der Waals surface area contributed by atoms with Crippen molar-refractivity contribution in [2.45, 2.75) is 50.8 Å². The number of alkyl halides is 2. The summed E-state index contributed by atoms with van der Waals surface area (Å²) in [5, 5.41) is 11.4. The average Bonchev–Trinajstić information content (AvgIpc) is 3.37. The lowest BCUT2D eigenvalue weighted by Crippen LogP contribution is -3.00. The van der Waals surface area contributed by atoms with Crippen LogP contribution in [0.25, 0.3) is 0 Å². The number of benzene rings is 2. The molecule has 1 saturated carbocycles. The molecule has 0 unspecified atom stereocenters. The quantitative estimate of drug-likeness (QED) is 0.311. The number of hydrogen-bond acceptors (Lipinski definition) is 3. The number of esters is 1. The molecule has 3 aromatic rings. The van der Waals surface area contributed by atoms with E-state index in [-0.39, 0.29) is 42.0 Å². The highest BCUT2D eigenvalue weighted by atomic mass is 79.9. The van der Waals surface area contributed by atoms with Gasteiger partial charge in [-0.1, -0.05) is 58.4 Å². The van der Waals surface area contributed by atoms with Gasteiger partial charge in [-0.3, -0.25) is 0 Å². The first-order valence-electron chi connectivity index (χ1n) is 11.3. The highest BCUT2D eigenvalue weighted by Gasteiger charge is 2.54. The number of carbonyl (C=O) groups is 1. The summed E-state index contributed by atoms with van der Waals surface area (Å²) in [4.78, 5) is 13.1. The van der Waals surface area contributed by atoms with Gasteiger partial charge in [0.05, 0.1) is 0 Å². The van der Waals surface area contributed by atoms with Crippen molar-refractivity contribution in [1.29, 1.82) is 0 Å². The van der Waals surface area contributed by atoms with Crippen molar-refractivity contribution in [1.82, 2.24) is 4.57 Å². The molecule has 1 aliphatic carbocycles. The molecule has 4 rings (SSSR count). The van der Waals surface area contributed by atoms with Gasteiger partial charge in [0.2, 0.25) is 5.92 Å². The van der Waals surface area contributed by atoms with Crippen molar-refractivity contribution in [3.05, 3.63) is 88.4 Å². The largest absolute Gasteiger partial charge is 1.00 e. The van der Waals surface area contributed by atoms with Crippen molar-refractivity contribution in [3.63, 3.8) is 0 Å². The van der Waals surface area contributed by atoms with E-state index in [1.165, 1.54) is 0 Å². The van der Waals surface area contributed by atoms with Gasteiger partial charge >= 0.3 is 5.97 Å². The Kier molecular flexibility index (Phi) is 8.88. The smallest absolute Gasteiger partial charge is 0.343 e. The number of imidazole rings is 1. The summed E-state index contributed by atoms with van der Waals surface area (Å²) in [7, 11) is 0. The standard InChI is InChI=1S/C26H28BrF2N2O3.BrH/c1-19-30(13-14-31(19)18-20-7-9-23(27)10-8-20)15-16-34-24(32)26(33,21-5-3-2-4-6-21)22-11-12-25(28,29)17-22;/h2-10,13-14,22,33H,11-12,15-18H2,1H3;1H/q+1;/p-1/t22-,26+;/m1./s1. The van der Waals surface area contributed by atoms with Crippen LogP contribution >= 0.6 is 15.9 Å². The van der Waals surface area contributed by atoms with Crippen molar-refractivity contribution < 1.29 is 45.0 Å². The van der Waals surface area contributed by atoms with Crippen molar-refractivity contribution in [3.8, 4) is 0 Å². The van der Waals surface area contributed by atoms with E-state index in [0.29, 0.717) is 13.1 Å². The predicted octanol–water partition coefficient (Wildman–Crippen LogP) is 1.77. The third-order valence-corrected chi connectivity index (χ3v) is 7.14. The van der Waals surface area contributed by atoms with Crippen LogP contribution < -0.4 is 21.5 Å². The number of aromatic nitrogens is 2. The average molecular weight is 614 g/mol. The topological polar surface area (TPSA) is 55.3 Å². The lowest BCUT2D eigenvalue weighted by Gasteiger charge is -2.32. The van der Waals surface area contributed by atoms with E-state index in [2.05, 4.69) is 20.5 Å². The van der Waals surface area contributed by atoms with Gasteiger partial charge in [-0.25, -0.2) is 22.7 Å². The Bertz CT molecular complexity index is 1140. The number of carbonyl (C=O) groups excluding carboxylic acids is 1. The Morgan fingerprint density at radius 3 is 2.54 bits per heavy atom. The van der Waals surface area contributed by atoms with Crippen molar-refractivity contribution in [2.75, 3.05) is 6.61 Å². The zero-order valence-electron chi connectivity index (χ0n) is 19.3. The van der Waals surface area contributed by atoms with Gasteiger partial charge in [0.1, 0.15) is 32.1 Å². The van der Waals surface area contributed by atoms with Crippen LogP contribution in [0.3, 0.4) is 0 Å². The van der Waals surface area contributed by atoms with Gasteiger partial charge < -0.3 is 26.8 Å². The normalized spacial score (nSPS) is 18.5. The van der Waals surface area contributed by atoms with Crippen LogP contribution in [0, 0.1) is 12.8 Å². The van der Waals surface area contributed by atoms with Crippen LogP contribution in [0.2, 0.25) is 0 Å². The van der Waals surface area contributed by atoms with Crippen LogP contribution in [0.4, 0.5) is 8.78 Å². The molecule has 0 amide bonds. The highest BCUT2D eigenvalue weighted by molar-refractivity contribution is 9.10. The summed E-state index contributed by atoms with van der Waals surface area (Å²) in [5.41, 5.74) is -0.664. The Labute approximate surface area is 222 Å². The number of aliphatic hydroxyl groups is 1. The van der Waals surface area contributed by atoms with Gasteiger partial charge in [-0.05, 0) is 29.7 Å². The molecule has 0 aliphatic heterocycles. The molecule has 35 heavy (non-hydrogen) atoms. The van der Waals surface area contributed by atoms with Crippen LogP contribution in [0.1, 0.15) is 36.2 Å². The van der Waals surface area contributed by atoms with Gasteiger partial charge in [-0.15, -0.1) is 0 Å². The fraction of sp³-hybridized carbons (Fsp3) is 0.385.